The fourth-order valence-electron chi connectivity index (χ4n) is 1.73. The molecule has 0 spiro atoms. The summed E-state index contributed by atoms with van der Waals surface area (Å²) >= 11 is 0. The molecule has 2 aliphatic heterocycles. The Morgan fingerprint density at radius 2 is 1.80 bits per heavy atom. The van der Waals surface area contributed by atoms with Crippen molar-refractivity contribution < 1.29 is 9.59 Å². The fraction of sp³-hybridized carbons (Fsp3) is 1.00. The molecule has 0 bridgehead atoms. The summed E-state index contributed by atoms with van der Waals surface area (Å²) in [6.07, 6.45) is 2.50. The van der Waals surface area contributed by atoms with Gasteiger partial charge in [-0.2, -0.15) is 0 Å². The van der Waals surface area contributed by atoms with Crippen LogP contribution in [0.4, 0.5) is 0 Å². The van der Waals surface area contributed by atoms with Crippen molar-refractivity contribution >= 4 is 19.3 Å². The molecule has 2 rings (SSSR count). The lowest BCUT2D eigenvalue weighted by Crippen LogP contribution is -2.08. The van der Waals surface area contributed by atoms with Gasteiger partial charge in [0, 0.05) is 24.3 Å². The smallest absolute Gasteiger partial charge is 0.107 e. The van der Waals surface area contributed by atoms with Crippen LogP contribution in [0.5, 0.6) is 0 Å². The van der Waals surface area contributed by atoms with Crippen LogP contribution in [0.15, 0.2) is 0 Å². The van der Waals surface area contributed by atoms with Gasteiger partial charge in [0.15, 0.2) is 0 Å². The summed E-state index contributed by atoms with van der Waals surface area (Å²) in [7, 11) is -0.610. The van der Waals surface area contributed by atoms with E-state index in [1.54, 1.807) is 0 Å². The largest absolute Gasteiger partial charge is 0.121 e. The molecule has 0 aromatic carbocycles. The van der Waals surface area contributed by atoms with Gasteiger partial charge < -0.3 is 0 Å². The number of rotatable bonds is 1. The maximum atomic E-state index is 10.5. The van der Waals surface area contributed by atoms with Crippen molar-refractivity contribution in [3.63, 3.8) is 0 Å². The van der Waals surface area contributed by atoms with Crippen LogP contribution in [-0.4, -0.2) is 23.0 Å². The van der Waals surface area contributed by atoms with Crippen LogP contribution in [0.1, 0.15) is 12.8 Å². The van der Waals surface area contributed by atoms with Gasteiger partial charge in [0.2, 0.25) is 0 Å². The van der Waals surface area contributed by atoms with E-state index in [0.29, 0.717) is 9.93 Å². The van der Waals surface area contributed by atoms with E-state index in [9.17, 15) is 5.26 Å². The Hall–Kier alpha value is 0.620. The van der Waals surface area contributed by atoms with Crippen molar-refractivity contribution in [2.75, 3.05) is 23.0 Å². The fourth-order valence-corrected chi connectivity index (χ4v) is 10.8. The van der Waals surface area contributed by atoms with Crippen molar-refractivity contribution in [2.45, 2.75) is 12.8 Å². The third-order valence-corrected chi connectivity index (χ3v) is 11.4. The van der Waals surface area contributed by atoms with Gasteiger partial charge in [-0.05, 0) is 5.26 Å². The second kappa shape index (κ2) is 2.59. The van der Waals surface area contributed by atoms with Crippen LogP contribution < -0.4 is 0 Å². The van der Waals surface area contributed by atoms with E-state index in [-0.39, 0.29) is 0 Å². The van der Waals surface area contributed by atoms with Crippen molar-refractivity contribution in [1.29, 1.82) is 0 Å². The van der Waals surface area contributed by atoms with E-state index in [2.05, 4.69) is 4.33 Å². The van der Waals surface area contributed by atoms with Crippen LogP contribution in [-0.2, 0) is 19.5 Å². The lowest BCUT2D eigenvalue weighted by molar-refractivity contribution is -0.195. The highest BCUT2D eigenvalue weighted by molar-refractivity contribution is 8.90. The zero-order valence-corrected chi connectivity index (χ0v) is 7.51. The summed E-state index contributed by atoms with van der Waals surface area (Å²) in [5.41, 5.74) is 0. The summed E-state index contributed by atoms with van der Waals surface area (Å²) in [4.78, 5) is 0. The Morgan fingerprint density at radius 1 is 1.20 bits per heavy atom. The topological polar surface area (TPSA) is 29.1 Å². The Labute approximate surface area is 65.1 Å². The number of hydrogen-bond donors (Lipinski definition) is 0. The SMILES string of the molecule is [O]OS12CCC[S+]1CCC2. The molecule has 2 nitrogen and oxygen atoms in total. The van der Waals surface area contributed by atoms with Crippen molar-refractivity contribution in [3.05, 3.63) is 0 Å². The molecule has 0 aromatic rings. The molecule has 2 fully saturated rings. The average Bonchev–Trinajstić information content (AvgIpc) is 2.42. The highest BCUT2D eigenvalue weighted by Crippen LogP contribution is 2.64. The summed E-state index contributed by atoms with van der Waals surface area (Å²) in [5, 5.41) is 10.5. The molecule has 0 aliphatic carbocycles. The highest BCUT2D eigenvalue weighted by atomic mass is 33.2. The van der Waals surface area contributed by atoms with E-state index >= 15 is 0 Å². The molecule has 0 amide bonds. The molecular weight excluding hydrogens is 168 g/mol. The Balaban J connectivity index is 2.15. The summed E-state index contributed by atoms with van der Waals surface area (Å²) < 4.78 is 4.47. The summed E-state index contributed by atoms with van der Waals surface area (Å²) in [5.74, 6) is 4.80. The van der Waals surface area contributed by atoms with E-state index in [4.69, 9.17) is 0 Å². The third kappa shape index (κ3) is 0.897. The lowest BCUT2D eigenvalue weighted by Gasteiger charge is -2.19. The summed E-state index contributed by atoms with van der Waals surface area (Å²) in [6.45, 7) is 0. The minimum absolute atomic E-state index is 0.422. The van der Waals surface area contributed by atoms with E-state index in [1.165, 1.54) is 24.3 Å². The van der Waals surface area contributed by atoms with Gasteiger partial charge in [0.25, 0.3) is 0 Å². The van der Waals surface area contributed by atoms with Crippen LogP contribution in [0.25, 0.3) is 0 Å². The van der Waals surface area contributed by atoms with Crippen LogP contribution in [0.3, 0.4) is 0 Å². The molecule has 10 heavy (non-hydrogen) atoms. The first-order valence-electron chi connectivity index (χ1n) is 3.65. The average molecular weight is 180 g/mol. The van der Waals surface area contributed by atoms with Gasteiger partial charge in [0.05, 0.1) is 19.3 Å². The standard InChI is InChI=1S/C6H12O2S2/c7-8-10-5-1-3-9(10)4-2-6-10/h1-6H2/q+1. The van der Waals surface area contributed by atoms with Gasteiger partial charge in [-0.25, -0.2) is 0 Å². The summed E-state index contributed by atoms with van der Waals surface area (Å²) in [6, 6.07) is 0. The predicted molar refractivity (Wildman–Crippen MR) is 45.4 cm³/mol. The van der Waals surface area contributed by atoms with Crippen molar-refractivity contribution in [1.82, 2.24) is 0 Å². The van der Waals surface area contributed by atoms with Gasteiger partial charge in [-0.1, -0.05) is 0 Å². The van der Waals surface area contributed by atoms with Crippen molar-refractivity contribution in [3.8, 4) is 0 Å². The molecular formula is C6H12O2S2+. The van der Waals surface area contributed by atoms with Gasteiger partial charge in [-0.15, -0.1) is 4.33 Å². The maximum absolute atomic E-state index is 10.5. The molecule has 2 saturated heterocycles. The molecule has 0 atom stereocenters. The Morgan fingerprint density at radius 3 is 2.20 bits per heavy atom. The van der Waals surface area contributed by atoms with Gasteiger partial charge in [0.1, 0.15) is 11.5 Å². The molecule has 4 heteroatoms. The van der Waals surface area contributed by atoms with E-state index < -0.39 is 9.34 Å². The molecule has 59 valence electrons. The highest BCUT2D eigenvalue weighted by Gasteiger charge is 2.53. The molecule has 0 N–H and O–H groups in total. The Bertz CT molecular complexity index is 130. The minimum Gasteiger partial charge on any atom is -0.107 e. The molecule has 0 saturated carbocycles. The van der Waals surface area contributed by atoms with E-state index in [1.807, 2.05) is 0 Å². The van der Waals surface area contributed by atoms with E-state index in [0.717, 1.165) is 11.5 Å². The predicted octanol–water partition coefficient (Wildman–Crippen LogP) is 1.41. The molecule has 0 aromatic heterocycles. The second-order valence-corrected chi connectivity index (χ2v) is 10.1. The molecule has 1 radical (unpaired) electrons. The first-order chi connectivity index (χ1) is 4.87. The van der Waals surface area contributed by atoms with Gasteiger partial charge in [-0.3, -0.25) is 0 Å². The normalized spacial score (nSPS) is 52.3. The Kier molecular flexibility index (Phi) is 1.88. The van der Waals surface area contributed by atoms with Crippen LogP contribution >= 0.6 is 9.34 Å². The zero-order chi connectivity index (χ0) is 7.03. The van der Waals surface area contributed by atoms with Crippen LogP contribution in [0.2, 0.25) is 0 Å². The first kappa shape index (κ1) is 7.28. The molecule has 2 heterocycles. The molecule has 0 unspecified atom stereocenters. The third-order valence-electron chi connectivity index (χ3n) is 2.21. The first-order valence-corrected chi connectivity index (χ1v) is 7.63. The van der Waals surface area contributed by atoms with Crippen molar-refractivity contribution in [2.24, 2.45) is 0 Å². The monoisotopic (exact) mass is 180 g/mol. The second-order valence-electron chi connectivity index (χ2n) is 2.78. The zero-order valence-electron chi connectivity index (χ0n) is 5.88. The van der Waals surface area contributed by atoms with Crippen LogP contribution in [0, 0.1) is 0 Å². The number of fused-ring (bicyclic) bond motifs is 1. The quantitative estimate of drug-likeness (QED) is 0.260. The number of hydrogen-bond acceptors (Lipinski definition) is 1. The lowest BCUT2D eigenvalue weighted by atomic mass is 10.6. The maximum Gasteiger partial charge on any atom is 0.121 e. The molecule has 2 aliphatic rings. The minimum atomic E-state index is -1.03. The van der Waals surface area contributed by atoms with Gasteiger partial charge >= 0.3 is 0 Å².